The van der Waals surface area contributed by atoms with Gasteiger partial charge < -0.3 is 15.1 Å². The molecule has 0 spiro atoms. The van der Waals surface area contributed by atoms with Crippen LogP contribution >= 0.6 is 11.8 Å². The average Bonchev–Trinajstić information content (AvgIpc) is 2.11. The van der Waals surface area contributed by atoms with Gasteiger partial charge in [-0.05, 0) is 6.26 Å². The number of carbonyl (C=O) groups excluding carboxylic acids is 1. The van der Waals surface area contributed by atoms with Gasteiger partial charge in [0.1, 0.15) is 13.1 Å². The summed E-state index contributed by atoms with van der Waals surface area (Å²) in [5.41, 5.74) is 0. The molecule has 0 radical (unpaired) electrons. The molecule has 0 aromatic carbocycles. The summed E-state index contributed by atoms with van der Waals surface area (Å²) in [5, 5.41) is 17.0. The second-order valence-corrected chi connectivity index (χ2v) is 3.77. The quantitative estimate of drug-likeness (QED) is 0.631. The van der Waals surface area contributed by atoms with Gasteiger partial charge in [0.2, 0.25) is 5.91 Å². The number of carboxylic acids is 2. The lowest BCUT2D eigenvalue weighted by Crippen LogP contribution is -2.39. The SMILES string of the molecule is CSCCC(=O)N(CC(=O)O)CC(=O)O. The van der Waals surface area contributed by atoms with Crippen molar-refractivity contribution in [3.05, 3.63) is 0 Å². The lowest BCUT2D eigenvalue weighted by atomic mass is 10.3. The third kappa shape index (κ3) is 6.78. The van der Waals surface area contributed by atoms with E-state index >= 15 is 0 Å². The molecule has 0 aromatic heterocycles. The van der Waals surface area contributed by atoms with Crippen molar-refractivity contribution < 1.29 is 24.6 Å². The summed E-state index contributed by atoms with van der Waals surface area (Å²) >= 11 is 1.44. The summed E-state index contributed by atoms with van der Waals surface area (Å²) < 4.78 is 0. The van der Waals surface area contributed by atoms with E-state index in [-0.39, 0.29) is 6.42 Å². The Hall–Kier alpha value is -1.24. The molecule has 15 heavy (non-hydrogen) atoms. The summed E-state index contributed by atoms with van der Waals surface area (Å²) in [6.07, 6.45) is 1.97. The van der Waals surface area contributed by atoms with Crippen LogP contribution in [-0.2, 0) is 14.4 Å². The fourth-order valence-corrected chi connectivity index (χ4v) is 1.29. The first-order valence-corrected chi connectivity index (χ1v) is 5.57. The van der Waals surface area contributed by atoms with E-state index in [0.717, 1.165) is 4.90 Å². The summed E-state index contributed by atoms with van der Waals surface area (Å²) in [4.78, 5) is 32.9. The van der Waals surface area contributed by atoms with Crippen molar-refractivity contribution in [1.82, 2.24) is 4.90 Å². The van der Waals surface area contributed by atoms with E-state index in [4.69, 9.17) is 10.2 Å². The summed E-state index contributed by atoms with van der Waals surface area (Å²) in [6, 6.07) is 0. The average molecular weight is 235 g/mol. The molecule has 0 bridgehead atoms. The van der Waals surface area contributed by atoms with Crippen molar-refractivity contribution in [1.29, 1.82) is 0 Å². The van der Waals surface area contributed by atoms with Gasteiger partial charge in [-0.3, -0.25) is 14.4 Å². The minimum atomic E-state index is -1.21. The molecule has 6 nitrogen and oxygen atoms in total. The Labute approximate surface area is 91.2 Å². The van der Waals surface area contributed by atoms with Crippen LogP contribution in [0.4, 0.5) is 0 Å². The molecule has 2 N–H and O–H groups in total. The molecule has 1 amide bonds. The molecule has 0 heterocycles. The number of hydrogen-bond donors (Lipinski definition) is 2. The number of carbonyl (C=O) groups is 3. The second-order valence-electron chi connectivity index (χ2n) is 2.78. The third-order valence-electron chi connectivity index (χ3n) is 1.52. The molecule has 0 aliphatic heterocycles. The van der Waals surface area contributed by atoms with Gasteiger partial charge in [-0.2, -0.15) is 11.8 Å². The monoisotopic (exact) mass is 235 g/mol. The van der Waals surface area contributed by atoms with E-state index in [1.54, 1.807) is 0 Å². The number of nitrogens with zero attached hydrogens (tertiary/aromatic N) is 1. The van der Waals surface area contributed by atoms with Gasteiger partial charge in [0.05, 0.1) is 0 Å². The number of rotatable bonds is 7. The van der Waals surface area contributed by atoms with Gasteiger partial charge in [0.25, 0.3) is 0 Å². The van der Waals surface area contributed by atoms with Crippen molar-refractivity contribution in [2.75, 3.05) is 25.1 Å². The van der Waals surface area contributed by atoms with Crippen LogP contribution in [0.5, 0.6) is 0 Å². The molecule has 0 aromatic rings. The van der Waals surface area contributed by atoms with Crippen LogP contribution in [0.2, 0.25) is 0 Å². The lowest BCUT2D eigenvalue weighted by Gasteiger charge is -2.17. The number of hydrogen-bond acceptors (Lipinski definition) is 4. The molecule has 86 valence electrons. The first-order chi connectivity index (χ1) is 6.97. The molecule has 0 aliphatic carbocycles. The zero-order chi connectivity index (χ0) is 11.8. The Kier molecular flexibility index (Phi) is 6.52. The van der Waals surface area contributed by atoms with Crippen LogP contribution in [0.15, 0.2) is 0 Å². The standard InChI is InChI=1S/C8H13NO5S/c1-15-3-2-6(10)9(4-7(11)12)5-8(13)14/h2-5H2,1H3,(H,11,12)(H,13,14). The van der Waals surface area contributed by atoms with Gasteiger partial charge >= 0.3 is 11.9 Å². The van der Waals surface area contributed by atoms with Crippen molar-refractivity contribution in [2.45, 2.75) is 6.42 Å². The van der Waals surface area contributed by atoms with Crippen LogP contribution < -0.4 is 0 Å². The van der Waals surface area contributed by atoms with E-state index in [2.05, 4.69) is 0 Å². The minimum Gasteiger partial charge on any atom is -0.480 e. The Morgan fingerprint density at radius 2 is 1.60 bits per heavy atom. The minimum absolute atomic E-state index is 0.154. The van der Waals surface area contributed by atoms with Crippen molar-refractivity contribution in [3.63, 3.8) is 0 Å². The number of amides is 1. The maximum Gasteiger partial charge on any atom is 0.323 e. The summed E-state index contributed by atoms with van der Waals surface area (Å²) in [6.45, 7) is -1.14. The lowest BCUT2D eigenvalue weighted by molar-refractivity contribution is -0.149. The molecule has 0 saturated carbocycles. The number of thioether (sulfide) groups is 1. The highest BCUT2D eigenvalue weighted by Crippen LogP contribution is 2.00. The molecular formula is C8H13NO5S. The summed E-state index contributed by atoms with van der Waals surface area (Å²) in [7, 11) is 0. The van der Waals surface area contributed by atoms with Gasteiger partial charge in [0, 0.05) is 12.2 Å². The number of carboxylic acid groups (broad SMARTS) is 2. The molecule has 0 saturated heterocycles. The van der Waals surface area contributed by atoms with E-state index in [9.17, 15) is 14.4 Å². The van der Waals surface area contributed by atoms with E-state index in [1.165, 1.54) is 11.8 Å². The maximum atomic E-state index is 11.4. The maximum absolute atomic E-state index is 11.4. The van der Waals surface area contributed by atoms with Crippen LogP contribution in [0, 0.1) is 0 Å². The highest BCUT2D eigenvalue weighted by atomic mass is 32.2. The third-order valence-corrected chi connectivity index (χ3v) is 2.14. The molecule has 0 atom stereocenters. The predicted octanol–water partition coefficient (Wildman–Crippen LogP) is -0.263. The van der Waals surface area contributed by atoms with Crippen LogP contribution in [0.25, 0.3) is 0 Å². The van der Waals surface area contributed by atoms with Crippen molar-refractivity contribution >= 4 is 29.6 Å². The fraction of sp³-hybridized carbons (Fsp3) is 0.625. The molecular weight excluding hydrogens is 222 g/mol. The predicted molar refractivity (Wildman–Crippen MR) is 54.9 cm³/mol. The van der Waals surface area contributed by atoms with E-state index in [1.807, 2.05) is 6.26 Å². The van der Waals surface area contributed by atoms with E-state index < -0.39 is 30.9 Å². The number of aliphatic carboxylic acids is 2. The Balaban J connectivity index is 4.26. The molecule has 7 heteroatoms. The largest absolute Gasteiger partial charge is 0.480 e. The van der Waals surface area contributed by atoms with E-state index in [0.29, 0.717) is 5.75 Å². The molecule has 0 unspecified atom stereocenters. The van der Waals surface area contributed by atoms with Gasteiger partial charge in [-0.1, -0.05) is 0 Å². The van der Waals surface area contributed by atoms with Gasteiger partial charge in [-0.15, -0.1) is 0 Å². The zero-order valence-electron chi connectivity index (χ0n) is 8.30. The highest BCUT2D eigenvalue weighted by molar-refractivity contribution is 7.98. The molecule has 0 rings (SSSR count). The van der Waals surface area contributed by atoms with Crippen molar-refractivity contribution in [3.8, 4) is 0 Å². The van der Waals surface area contributed by atoms with Crippen LogP contribution in [0.3, 0.4) is 0 Å². The first-order valence-electron chi connectivity index (χ1n) is 4.17. The normalized spacial score (nSPS) is 9.67. The summed E-state index contributed by atoms with van der Waals surface area (Å²) in [5.74, 6) is -2.33. The topological polar surface area (TPSA) is 94.9 Å². The Morgan fingerprint density at radius 1 is 1.13 bits per heavy atom. The Bertz CT molecular complexity index is 239. The highest BCUT2D eigenvalue weighted by Gasteiger charge is 2.18. The zero-order valence-corrected chi connectivity index (χ0v) is 9.12. The smallest absolute Gasteiger partial charge is 0.323 e. The molecule has 0 aliphatic rings. The van der Waals surface area contributed by atoms with Crippen LogP contribution in [-0.4, -0.2) is 58.1 Å². The first kappa shape index (κ1) is 13.8. The Morgan fingerprint density at radius 3 is 1.93 bits per heavy atom. The second kappa shape index (κ2) is 7.10. The van der Waals surface area contributed by atoms with Crippen molar-refractivity contribution in [2.24, 2.45) is 0 Å². The van der Waals surface area contributed by atoms with Gasteiger partial charge in [-0.25, -0.2) is 0 Å². The van der Waals surface area contributed by atoms with Gasteiger partial charge in [0.15, 0.2) is 0 Å². The van der Waals surface area contributed by atoms with Crippen LogP contribution in [0.1, 0.15) is 6.42 Å². The molecule has 0 fully saturated rings. The fourth-order valence-electron chi connectivity index (χ4n) is 0.906.